The van der Waals surface area contributed by atoms with E-state index in [4.69, 9.17) is 14.2 Å². The van der Waals surface area contributed by atoms with Crippen molar-refractivity contribution < 1.29 is 28.6 Å². The van der Waals surface area contributed by atoms with Crippen molar-refractivity contribution in [2.75, 3.05) is 19.8 Å². The molecule has 176 valence electrons. The van der Waals surface area contributed by atoms with Crippen LogP contribution >= 0.6 is 0 Å². The van der Waals surface area contributed by atoms with Crippen LogP contribution in [-0.4, -0.2) is 37.7 Å². The molecule has 30 heavy (non-hydrogen) atoms. The number of esters is 3. The molecule has 0 amide bonds. The van der Waals surface area contributed by atoms with Gasteiger partial charge in [0.05, 0.1) is 38.6 Å². The lowest BCUT2D eigenvalue weighted by Gasteiger charge is -2.19. The Bertz CT molecular complexity index is 448. The molecule has 0 saturated heterocycles. The highest BCUT2D eigenvalue weighted by atomic mass is 16.5. The minimum Gasteiger partial charge on any atom is -0.465 e. The van der Waals surface area contributed by atoms with Crippen LogP contribution in [0.5, 0.6) is 0 Å². The highest BCUT2D eigenvalue weighted by molar-refractivity contribution is 5.84. The van der Waals surface area contributed by atoms with E-state index in [0.29, 0.717) is 31.7 Å². The van der Waals surface area contributed by atoms with Crippen LogP contribution in [-0.2, 0) is 28.6 Å². The van der Waals surface area contributed by atoms with E-state index >= 15 is 0 Å². The van der Waals surface area contributed by atoms with Crippen molar-refractivity contribution in [1.82, 2.24) is 0 Å². The Morgan fingerprint density at radius 1 is 0.533 bits per heavy atom. The second-order valence-corrected chi connectivity index (χ2v) is 8.15. The Hall–Kier alpha value is -1.59. The van der Waals surface area contributed by atoms with Gasteiger partial charge in [0.25, 0.3) is 0 Å². The lowest BCUT2D eigenvalue weighted by molar-refractivity contribution is -0.161. The van der Waals surface area contributed by atoms with Gasteiger partial charge in [-0.15, -0.1) is 0 Å². The first kappa shape index (κ1) is 28.4. The van der Waals surface area contributed by atoms with Gasteiger partial charge < -0.3 is 14.2 Å². The average Bonchev–Trinajstić information content (AvgIpc) is 2.75. The lowest BCUT2D eigenvalue weighted by atomic mass is 10.0. The molecular weight excluding hydrogens is 384 g/mol. The van der Waals surface area contributed by atoms with Crippen LogP contribution < -0.4 is 0 Å². The van der Waals surface area contributed by atoms with Crippen LogP contribution in [0.2, 0.25) is 0 Å². The van der Waals surface area contributed by atoms with E-state index in [1.54, 1.807) is 0 Å². The number of hydrogen-bond acceptors (Lipinski definition) is 6. The van der Waals surface area contributed by atoms with E-state index in [2.05, 4.69) is 27.7 Å². The molecule has 6 nitrogen and oxygen atoms in total. The highest BCUT2D eigenvalue weighted by Crippen LogP contribution is 2.18. The Morgan fingerprint density at radius 2 is 0.833 bits per heavy atom. The normalized spacial score (nSPS) is 11.4. The predicted octanol–water partition coefficient (Wildman–Crippen LogP) is 5.32. The molecule has 0 aromatic rings. The highest BCUT2D eigenvalue weighted by Gasteiger charge is 2.29. The quantitative estimate of drug-likeness (QED) is 0.230. The van der Waals surface area contributed by atoms with Gasteiger partial charge in [-0.25, -0.2) is 0 Å². The van der Waals surface area contributed by atoms with Crippen LogP contribution in [0.15, 0.2) is 0 Å². The predicted molar refractivity (Wildman–Crippen MR) is 118 cm³/mol. The molecule has 0 aromatic heterocycles. The van der Waals surface area contributed by atoms with Gasteiger partial charge in [-0.1, -0.05) is 80.1 Å². The lowest BCUT2D eigenvalue weighted by Crippen LogP contribution is -2.28. The van der Waals surface area contributed by atoms with Crippen LogP contribution in [0.4, 0.5) is 0 Å². The Balaban J connectivity index is 4.91. The summed E-state index contributed by atoms with van der Waals surface area (Å²) in [4.78, 5) is 37.2. The third-order valence-corrected chi connectivity index (χ3v) is 6.04. The molecule has 0 unspecified atom stereocenters. The Morgan fingerprint density at radius 3 is 1.13 bits per heavy atom. The molecule has 0 radical (unpaired) electrons. The van der Waals surface area contributed by atoms with E-state index in [1.165, 1.54) is 0 Å². The summed E-state index contributed by atoms with van der Waals surface area (Å²) in [5.41, 5.74) is 0. The molecule has 0 heterocycles. The summed E-state index contributed by atoms with van der Waals surface area (Å²) in [6.07, 6.45) is 5.18. The molecular formula is C24H44O6. The van der Waals surface area contributed by atoms with Crippen LogP contribution in [0.3, 0.4) is 0 Å². The zero-order valence-corrected chi connectivity index (χ0v) is 20.0. The minimum absolute atomic E-state index is 0.165. The van der Waals surface area contributed by atoms with E-state index in [-0.39, 0.29) is 18.8 Å². The van der Waals surface area contributed by atoms with Crippen molar-refractivity contribution in [2.45, 2.75) is 92.9 Å². The number of carbonyl (C=O) groups excluding carboxylic acids is 3. The third-order valence-electron chi connectivity index (χ3n) is 6.04. The van der Waals surface area contributed by atoms with Crippen LogP contribution in [0.1, 0.15) is 92.9 Å². The Kier molecular flexibility index (Phi) is 16.2. The summed E-state index contributed by atoms with van der Waals surface area (Å²) >= 11 is 0. The summed E-state index contributed by atoms with van der Waals surface area (Å²) in [6.45, 7) is 13.3. The average molecular weight is 429 g/mol. The van der Waals surface area contributed by atoms with Gasteiger partial charge in [0.2, 0.25) is 0 Å². The molecule has 0 aliphatic rings. The molecule has 0 aliphatic carbocycles. The fourth-order valence-corrected chi connectivity index (χ4v) is 3.07. The number of hydrogen-bond donors (Lipinski definition) is 0. The fourth-order valence-electron chi connectivity index (χ4n) is 3.07. The van der Waals surface area contributed by atoms with Crippen LogP contribution in [0, 0.1) is 23.7 Å². The number of carbonyl (C=O) groups is 3. The topological polar surface area (TPSA) is 78.9 Å². The standard InChI is InChI=1S/C24H44O6/c1-7-18(8-2)15-28-22(25)13-21(24(27)30-17-20(11-5)12-6)14-23(26)29-16-19(9-3)10-4/h18-21H,7-17H2,1-6H3. The monoisotopic (exact) mass is 428 g/mol. The largest absolute Gasteiger partial charge is 0.465 e. The summed E-state index contributed by atoms with van der Waals surface area (Å²) in [6, 6.07) is 0. The summed E-state index contributed by atoms with van der Waals surface area (Å²) in [5, 5.41) is 0. The first-order valence-corrected chi connectivity index (χ1v) is 11.8. The van der Waals surface area contributed by atoms with E-state index in [1.807, 2.05) is 13.8 Å². The maximum Gasteiger partial charge on any atom is 0.310 e. The molecule has 0 N–H and O–H groups in total. The summed E-state index contributed by atoms with van der Waals surface area (Å²) < 4.78 is 16.1. The molecule has 0 rings (SSSR count). The van der Waals surface area contributed by atoms with Gasteiger partial charge in [-0.3, -0.25) is 14.4 Å². The molecule has 0 atom stereocenters. The van der Waals surface area contributed by atoms with E-state index in [9.17, 15) is 14.4 Å². The third kappa shape index (κ3) is 12.2. The SMILES string of the molecule is CCC(CC)COC(=O)CC(CC(=O)OCC(CC)CC)C(=O)OCC(CC)CC. The zero-order chi connectivity index (χ0) is 22.9. The smallest absolute Gasteiger partial charge is 0.310 e. The first-order valence-electron chi connectivity index (χ1n) is 11.8. The molecule has 0 fully saturated rings. The van der Waals surface area contributed by atoms with Gasteiger partial charge in [0, 0.05) is 0 Å². The number of rotatable bonds is 17. The molecule has 0 aromatic carbocycles. The van der Waals surface area contributed by atoms with Gasteiger partial charge in [-0.05, 0) is 17.8 Å². The Labute approximate surface area is 183 Å². The molecule has 0 spiro atoms. The maximum absolute atomic E-state index is 12.6. The van der Waals surface area contributed by atoms with Crippen molar-refractivity contribution in [3.63, 3.8) is 0 Å². The van der Waals surface area contributed by atoms with Gasteiger partial charge in [0.15, 0.2) is 0 Å². The van der Waals surface area contributed by atoms with E-state index < -0.39 is 23.8 Å². The minimum atomic E-state index is -0.872. The van der Waals surface area contributed by atoms with Crippen molar-refractivity contribution in [3.05, 3.63) is 0 Å². The second kappa shape index (κ2) is 17.1. The molecule has 0 saturated carbocycles. The summed E-state index contributed by atoms with van der Waals surface area (Å²) in [7, 11) is 0. The van der Waals surface area contributed by atoms with E-state index in [0.717, 1.165) is 38.5 Å². The maximum atomic E-state index is 12.6. The van der Waals surface area contributed by atoms with Crippen molar-refractivity contribution in [2.24, 2.45) is 23.7 Å². The van der Waals surface area contributed by atoms with Crippen molar-refractivity contribution >= 4 is 17.9 Å². The molecule has 0 bridgehead atoms. The second-order valence-electron chi connectivity index (χ2n) is 8.15. The van der Waals surface area contributed by atoms with Crippen molar-refractivity contribution in [3.8, 4) is 0 Å². The fraction of sp³-hybridized carbons (Fsp3) is 0.875. The number of ether oxygens (including phenoxy) is 3. The van der Waals surface area contributed by atoms with Gasteiger partial charge in [-0.2, -0.15) is 0 Å². The van der Waals surface area contributed by atoms with Gasteiger partial charge in [0.1, 0.15) is 0 Å². The molecule has 6 heteroatoms. The molecule has 0 aliphatic heterocycles. The van der Waals surface area contributed by atoms with Crippen molar-refractivity contribution in [1.29, 1.82) is 0 Å². The zero-order valence-electron chi connectivity index (χ0n) is 20.0. The van der Waals surface area contributed by atoms with Crippen LogP contribution in [0.25, 0.3) is 0 Å². The first-order chi connectivity index (χ1) is 14.3. The van der Waals surface area contributed by atoms with Gasteiger partial charge >= 0.3 is 17.9 Å². The summed E-state index contributed by atoms with van der Waals surface area (Å²) in [5.74, 6) is -1.46.